The van der Waals surface area contributed by atoms with Crippen LogP contribution in [0.1, 0.15) is 33.3 Å². The summed E-state index contributed by atoms with van der Waals surface area (Å²) in [5.74, 6) is -4.02. The normalized spacial score (nSPS) is 14.9. The van der Waals surface area contributed by atoms with E-state index in [1.807, 2.05) is 44.2 Å². The summed E-state index contributed by atoms with van der Waals surface area (Å²) < 4.78 is 14.0. The first-order valence-electron chi connectivity index (χ1n) is 7.90. The van der Waals surface area contributed by atoms with Crippen LogP contribution in [0.3, 0.4) is 0 Å². The SMILES string of the molecule is CC.COCC([O-])=C1C(=O)OC(C)(C)OC1=O.NCc1ccccc1. The first kappa shape index (κ1) is 22.6. The van der Waals surface area contributed by atoms with Crippen molar-refractivity contribution >= 4 is 11.9 Å². The van der Waals surface area contributed by atoms with Crippen molar-refractivity contribution in [2.75, 3.05) is 13.7 Å². The fraction of sp³-hybridized carbons (Fsp3) is 0.444. The van der Waals surface area contributed by atoms with Crippen molar-refractivity contribution in [2.45, 2.75) is 40.0 Å². The summed E-state index contributed by atoms with van der Waals surface area (Å²) >= 11 is 0. The summed E-state index contributed by atoms with van der Waals surface area (Å²) in [7, 11) is 1.28. The topological polar surface area (TPSA) is 111 Å². The van der Waals surface area contributed by atoms with Gasteiger partial charge in [-0.15, -0.1) is 0 Å². The number of rotatable bonds is 3. The van der Waals surface area contributed by atoms with Crippen molar-refractivity contribution in [3.8, 4) is 0 Å². The number of ether oxygens (including phenoxy) is 3. The average Bonchev–Trinajstić information content (AvgIpc) is 2.56. The fourth-order valence-corrected chi connectivity index (χ4v) is 1.70. The largest absolute Gasteiger partial charge is 0.873 e. The fourth-order valence-electron chi connectivity index (χ4n) is 1.70. The lowest BCUT2D eigenvalue weighted by Crippen LogP contribution is -2.43. The van der Waals surface area contributed by atoms with Crippen LogP contribution in [0.2, 0.25) is 0 Å². The monoisotopic (exact) mass is 352 g/mol. The summed E-state index contributed by atoms with van der Waals surface area (Å²) in [6, 6.07) is 9.99. The lowest BCUT2D eigenvalue weighted by molar-refractivity contribution is -0.314. The molecule has 0 aromatic heterocycles. The molecule has 1 fully saturated rings. The molecule has 0 saturated carbocycles. The van der Waals surface area contributed by atoms with Gasteiger partial charge >= 0.3 is 11.9 Å². The molecule has 1 saturated heterocycles. The van der Waals surface area contributed by atoms with Gasteiger partial charge in [0.2, 0.25) is 0 Å². The van der Waals surface area contributed by atoms with E-state index in [-0.39, 0.29) is 6.61 Å². The Labute approximate surface area is 148 Å². The molecule has 1 aromatic rings. The molecule has 1 aliphatic rings. The average molecular weight is 352 g/mol. The van der Waals surface area contributed by atoms with Gasteiger partial charge in [0.05, 0.1) is 6.61 Å². The molecule has 7 heteroatoms. The molecule has 0 bridgehead atoms. The van der Waals surface area contributed by atoms with E-state index in [1.54, 1.807) is 0 Å². The van der Waals surface area contributed by atoms with Gasteiger partial charge in [0.15, 0.2) is 0 Å². The third-order valence-corrected chi connectivity index (χ3v) is 2.72. The van der Waals surface area contributed by atoms with E-state index in [0.717, 1.165) is 0 Å². The van der Waals surface area contributed by atoms with E-state index in [0.29, 0.717) is 6.54 Å². The van der Waals surface area contributed by atoms with Crippen LogP contribution in [0, 0.1) is 0 Å². The first-order valence-corrected chi connectivity index (χ1v) is 7.90. The number of hydrogen-bond donors (Lipinski definition) is 1. The molecule has 0 radical (unpaired) electrons. The van der Waals surface area contributed by atoms with Crippen LogP contribution in [0.4, 0.5) is 0 Å². The van der Waals surface area contributed by atoms with Gasteiger partial charge in [-0.05, 0) is 5.56 Å². The third-order valence-electron chi connectivity index (χ3n) is 2.72. The van der Waals surface area contributed by atoms with E-state index in [1.165, 1.54) is 26.5 Å². The number of nitrogens with two attached hydrogens (primary N) is 1. The predicted octanol–water partition coefficient (Wildman–Crippen LogP) is 1.25. The number of methoxy groups -OCH3 is 1. The molecular formula is C18H26NO6-. The quantitative estimate of drug-likeness (QED) is 0.377. The predicted molar refractivity (Wildman–Crippen MR) is 90.8 cm³/mol. The van der Waals surface area contributed by atoms with Gasteiger partial charge in [0.25, 0.3) is 5.79 Å². The number of cyclic esters (lactones) is 2. The van der Waals surface area contributed by atoms with Crippen LogP contribution in [-0.4, -0.2) is 31.4 Å². The molecule has 1 heterocycles. The second-order valence-corrected chi connectivity index (χ2v) is 5.10. The first-order chi connectivity index (χ1) is 11.8. The Morgan fingerprint density at radius 1 is 1.12 bits per heavy atom. The lowest BCUT2D eigenvalue weighted by Gasteiger charge is -2.31. The molecule has 1 aliphatic heterocycles. The highest BCUT2D eigenvalue weighted by Crippen LogP contribution is 2.23. The van der Waals surface area contributed by atoms with Gasteiger partial charge in [-0.25, -0.2) is 9.59 Å². The molecule has 0 atom stereocenters. The molecule has 7 nitrogen and oxygen atoms in total. The van der Waals surface area contributed by atoms with Crippen LogP contribution >= 0.6 is 0 Å². The highest BCUT2D eigenvalue weighted by atomic mass is 16.7. The van der Waals surface area contributed by atoms with Crippen molar-refractivity contribution < 1.29 is 28.9 Å². The highest BCUT2D eigenvalue weighted by Gasteiger charge is 2.39. The van der Waals surface area contributed by atoms with Crippen LogP contribution in [0.25, 0.3) is 0 Å². The highest BCUT2D eigenvalue weighted by molar-refractivity contribution is 6.15. The number of esters is 2. The molecule has 0 aliphatic carbocycles. The van der Waals surface area contributed by atoms with Gasteiger partial charge in [0.1, 0.15) is 5.57 Å². The zero-order valence-corrected chi connectivity index (χ0v) is 15.3. The van der Waals surface area contributed by atoms with Crippen molar-refractivity contribution in [2.24, 2.45) is 5.73 Å². The Kier molecular flexibility index (Phi) is 10.2. The van der Waals surface area contributed by atoms with Crippen molar-refractivity contribution in [1.29, 1.82) is 0 Å². The molecule has 2 N–H and O–H groups in total. The second-order valence-electron chi connectivity index (χ2n) is 5.10. The van der Waals surface area contributed by atoms with Crippen molar-refractivity contribution in [1.82, 2.24) is 0 Å². The Hall–Kier alpha value is -2.38. The van der Waals surface area contributed by atoms with Crippen LogP contribution < -0.4 is 10.8 Å². The molecular weight excluding hydrogens is 326 g/mol. The minimum absolute atomic E-state index is 0.361. The van der Waals surface area contributed by atoms with E-state index in [4.69, 9.17) is 15.2 Å². The Morgan fingerprint density at radius 3 is 1.96 bits per heavy atom. The molecule has 2 rings (SSSR count). The maximum atomic E-state index is 11.3. The minimum Gasteiger partial charge on any atom is -0.873 e. The third kappa shape index (κ3) is 7.82. The summed E-state index contributed by atoms with van der Waals surface area (Å²) in [6.07, 6.45) is 0. The van der Waals surface area contributed by atoms with E-state index in [2.05, 4.69) is 4.74 Å². The number of carbonyl (C=O) groups is 2. The standard InChI is InChI=1S/C9H12O6.C7H9N.C2H6/c1-9(2)14-7(11)6(8(12)15-9)5(10)4-13-3;8-6-7-4-2-1-3-5-7;1-2/h10H,4H2,1-3H3;1-5H,6,8H2;1-2H3/p-1. The number of carbonyl (C=O) groups excluding carboxylic acids is 2. The maximum Gasteiger partial charge on any atom is 0.347 e. The minimum atomic E-state index is -1.33. The van der Waals surface area contributed by atoms with Gasteiger partial charge in [-0.2, -0.15) is 0 Å². The Morgan fingerprint density at radius 2 is 1.60 bits per heavy atom. The van der Waals surface area contributed by atoms with Gasteiger partial charge in [-0.1, -0.05) is 49.9 Å². The second kappa shape index (κ2) is 11.2. The van der Waals surface area contributed by atoms with E-state index >= 15 is 0 Å². The van der Waals surface area contributed by atoms with Gasteiger partial charge in [-0.3, -0.25) is 0 Å². The molecule has 1 aromatic carbocycles. The van der Waals surface area contributed by atoms with Gasteiger partial charge < -0.3 is 25.1 Å². The van der Waals surface area contributed by atoms with E-state index < -0.39 is 29.1 Å². The number of hydrogen-bond acceptors (Lipinski definition) is 7. The summed E-state index contributed by atoms with van der Waals surface area (Å²) in [5, 5.41) is 11.3. The smallest absolute Gasteiger partial charge is 0.347 e. The lowest BCUT2D eigenvalue weighted by atomic mass is 10.2. The summed E-state index contributed by atoms with van der Waals surface area (Å²) in [6.45, 7) is 7.08. The van der Waals surface area contributed by atoms with Crippen molar-refractivity contribution in [3.63, 3.8) is 0 Å². The summed E-state index contributed by atoms with van der Waals surface area (Å²) in [5.41, 5.74) is 5.91. The Bertz CT molecular complexity index is 558. The van der Waals surface area contributed by atoms with Crippen LogP contribution in [-0.2, 0) is 30.3 Å². The Balaban J connectivity index is 0.000000483. The molecule has 0 unspecified atom stereocenters. The zero-order chi connectivity index (χ0) is 19.5. The van der Waals surface area contributed by atoms with E-state index in [9.17, 15) is 14.7 Å². The zero-order valence-electron chi connectivity index (χ0n) is 15.3. The maximum absolute atomic E-state index is 11.3. The summed E-state index contributed by atoms with van der Waals surface area (Å²) in [4.78, 5) is 22.6. The number of benzene rings is 1. The van der Waals surface area contributed by atoms with Crippen LogP contribution in [0.15, 0.2) is 41.7 Å². The molecule has 0 spiro atoms. The van der Waals surface area contributed by atoms with Gasteiger partial charge in [0, 0.05) is 27.5 Å². The molecule has 140 valence electrons. The van der Waals surface area contributed by atoms with Crippen LogP contribution in [0.5, 0.6) is 0 Å². The van der Waals surface area contributed by atoms with Crippen molar-refractivity contribution in [3.05, 3.63) is 47.2 Å². The molecule has 0 amide bonds. The molecule has 25 heavy (non-hydrogen) atoms.